The molecule has 2 aromatic carbocycles. The number of nitrogens with zero attached hydrogens (tertiary/aromatic N) is 2. The van der Waals surface area contributed by atoms with Crippen molar-refractivity contribution in [3.05, 3.63) is 63.5 Å². The molecule has 0 aliphatic carbocycles. The van der Waals surface area contributed by atoms with Crippen LogP contribution < -0.4 is 10.5 Å². The zero-order valence-corrected chi connectivity index (χ0v) is 21.5. The molecule has 0 radical (unpaired) electrons. The van der Waals surface area contributed by atoms with Crippen LogP contribution in [0.15, 0.2) is 36.4 Å². The normalized spacial score (nSPS) is 12.8. The number of nitro benzene ring substituents is 1. The van der Waals surface area contributed by atoms with Gasteiger partial charge in [-0.25, -0.2) is 0 Å². The minimum Gasteiger partial charge on any atom is -0.490 e. The van der Waals surface area contributed by atoms with Crippen LogP contribution in [0.2, 0.25) is 0 Å². The molecule has 1 saturated heterocycles. The van der Waals surface area contributed by atoms with Crippen LogP contribution >= 0.6 is 0 Å². The van der Waals surface area contributed by atoms with Gasteiger partial charge < -0.3 is 20.1 Å². The van der Waals surface area contributed by atoms with E-state index in [1.807, 2.05) is 32.8 Å². The smallest absolute Gasteiger partial charge is 0.416 e. The second kappa shape index (κ2) is 16.7. The van der Waals surface area contributed by atoms with E-state index in [2.05, 4.69) is 0 Å². The molecule has 0 amide bonds. The maximum absolute atomic E-state index is 12.6. The monoisotopic (exact) mass is 559 g/mol. The van der Waals surface area contributed by atoms with Crippen LogP contribution in [0.4, 0.5) is 42.1 Å². The van der Waals surface area contributed by atoms with Gasteiger partial charge in [0, 0.05) is 25.8 Å². The summed E-state index contributed by atoms with van der Waals surface area (Å²) in [7, 11) is 3.75. The molecule has 7 nitrogen and oxygen atoms in total. The summed E-state index contributed by atoms with van der Waals surface area (Å²) in [6.45, 7) is 7.04. The van der Waals surface area contributed by atoms with E-state index in [0.717, 1.165) is 25.3 Å². The molecule has 3 rings (SSSR count). The van der Waals surface area contributed by atoms with Gasteiger partial charge in [0.05, 0.1) is 21.7 Å². The topological polar surface area (TPSA) is 90.9 Å². The zero-order valence-electron chi connectivity index (χ0n) is 21.5. The third-order valence-corrected chi connectivity index (χ3v) is 4.43. The van der Waals surface area contributed by atoms with E-state index in [9.17, 15) is 40.8 Å². The van der Waals surface area contributed by atoms with Crippen LogP contribution in [-0.4, -0.2) is 50.3 Å². The van der Waals surface area contributed by atoms with Crippen LogP contribution in [0, 0.1) is 15.9 Å². The number of alkyl halides is 6. The summed E-state index contributed by atoms with van der Waals surface area (Å²) in [5.41, 5.74) is 2.30. The van der Waals surface area contributed by atoms with Crippen molar-refractivity contribution >= 4 is 11.4 Å². The summed E-state index contributed by atoms with van der Waals surface area (Å²) in [5, 5.41) is 10.1. The third kappa shape index (κ3) is 13.4. The van der Waals surface area contributed by atoms with Gasteiger partial charge in [0.1, 0.15) is 12.4 Å². The molecule has 0 aromatic heterocycles. The van der Waals surface area contributed by atoms with Crippen molar-refractivity contribution in [1.29, 1.82) is 0 Å². The second-order valence-electron chi connectivity index (χ2n) is 7.64. The maximum Gasteiger partial charge on any atom is 0.416 e. The number of hydrogen-bond acceptors (Lipinski definition) is 6. The predicted octanol–water partition coefficient (Wildman–Crippen LogP) is 6.80. The van der Waals surface area contributed by atoms with Gasteiger partial charge in [0.25, 0.3) is 0 Å². The van der Waals surface area contributed by atoms with Gasteiger partial charge in [-0.05, 0) is 57.3 Å². The van der Waals surface area contributed by atoms with E-state index in [1.165, 1.54) is 18.9 Å². The number of halogens is 7. The molecule has 0 unspecified atom stereocenters. The van der Waals surface area contributed by atoms with E-state index in [4.69, 9.17) is 15.2 Å². The van der Waals surface area contributed by atoms with Crippen LogP contribution in [0.3, 0.4) is 0 Å². The van der Waals surface area contributed by atoms with Gasteiger partial charge in [0.15, 0.2) is 0 Å². The van der Waals surface area contributed by atoms with Crippen molar-refractivity contribution in [2.45, 2.75) is 39.0 Å². The van der Waals surface area contributed by atoms with E-state index < -0.39 is 39.9 Å². The molecule has 14 heteroatoms. The standard InChI is InChI=1S/C11H15F3N2O.C7H3F4NO2.C4H8O.C2H6/c1-16(2)5-6-17-10-4-3-8(7-9(10)15)11(12,13)14;8-5-2-1-4(7(9,10)11)3-6(5)12(13)14;1-2-4-5-3-1;1-2/h3-4,7H,5-6,15H2,1-2H3;1-3H;1-4H2;1-2H3. The van der Waals surface area contributed by atoms with Crippen molar-refractivity contribution in [3.8, 4) is 5.75 Å². The first-order valence-corrected chi connectivity index (χ1v) is 11.5. The molecule has 216 valence electrons. The van der Waals surface area contributed by atoms with Crippen LogP contribution in [-0.2, 0) is 17.1 Å². The Morgan fingerprint density at radius 2 is 1.47 bits per heavy atom. The van der Waals surface area contributed by atoms with Crippen molar-refractivity contribution < 1.29 is 45.1 Å². The van der Waals surface area contributed by atoms with E-state index in [0.29, 0.717) is 25.3 Å². The number of benzene rings is 2. The molecule has 0 bridgehead atoms. The molecule has 1 heterocycles. The highest BCUT2D eigenvalue weighted by Crippen LogP contribution is 2.34. The Morgan fingerprint density at radius 3 is 1.87 bits per heavy atom. The Bertz CT molecular complexity index is 973. The first-order valence-electron chi connectivity index (χ1n) is 11.5. The predicted molar refractivity (Wildman–Crippen MR) is 129 cm³/mol. The Balaban J connectivity index is 0.000000582. The van der Waals surface area contributed by atoms with Crippen molar-refractivity contribution in [3.63, 3.8) is 0 Å². The maximum atomic E-state index is 12.6. The summed E-state index contributed by atoms with van der Waals surface area (Å²) in [4.78, 5) is 10.8. The van der Waals surface area contributed by atoms with Gasteiger partial charge in [-0.15, -0.1) is 0 Å². The Hall–Kier alpha value is -3.13. The number of nitrogens with two attached hydrogens (primary N) is 1. The van der Waals surface area contributed by atoms with Gasteiger partial charge in [-0.3, -0.25) is 10.1 Å². The minimum absolute atomic E-state index is 0.00131. The molecule has 1 fully saturated rings. The average molecular weight is 560 g/mol. The summed E-state index contributed by atoms with van der Waals surface area (Å²) in [6, 6.07) is 4.11. The number of likely N-dealkylation sites (N-methyl/N-ethyl adjacent to an activating group) is 1. The first-order chi connectivity index (χ1) is 17.6. The van der Waals surface area contributed by atoms with E-state index in [-0.39, 0.29) is 17.5 Å². The van der Waals surface area contributed by atoms with Gasteiger partial charge in [0.2, 0.25) is 5.82 Å². The fourth-order valence-electron chi connectivity index (χ4n) is 2.53. The lowest BCUT2D eigenvalue weighted by molar-refractivity contribution is -0.387. The highest BCUT2D eigenvalue weighted by atomic mass is 19.4. The number of nitro groups is 1. The lowest BCUT2D eigenvalue weighted by Crippen LogP contribution is -2.19. The molecule has 2 N–H and O–H groups in total. The highest BCUT2D eigenvalue weighted by Gasteiger charge is 2.33. The third-order valence-electron chi connectivity index (χ3n) is 4.43. The number of hydrogen-bond donors (Lipinski definition) is 1. The summed E-state index contributed by atoms with van der Waals surface area (Å²) >= 11 is 0. The van der Waals surface area contributed by atoms with Gasteiger partial charge in [-0.2, -0.15) is 30.7 Å². The van der Waals surface area contributed by atoms with Crippen molar-refractivity contribution in [2.24, 2.45) is 0 Å². The SMILES string of the molecule is C1CCOC1.CC.CN(C)CCOc1ccc(C(F)(F)F)cc1N.O=[N+]([O-])c1cc(C(F)(F)F)ccc1F. The quantitative estimate of drug-likeness (QED) is 0.188. The number of rotatable bonds is 5. The molecule has 2 aromatic rings. The molecule has 0 saturated carbocycles. The number of ether oxygens (including phenoxy) is 2. The second-order valence-corrected chi connectivity index (χ2v) is 7.64. The Kier molecular flexibility index (Phi) is 15.3. The average Bonchev–Trinajstić information content (AvgIpc) is 3.41. The molecule has 38 heavy (non-hydrogen) atoms. The van der Waals surface area contributed by atoms with Gasteiger partial charge >= 0.3 is 18.0 Å². The Labute approximate surface area is 216 Å². The fourth-order valence-corrected chi connectivity index (χ4v) is 2.53. The fraction of sp³-hybridized carbons (Fsp3) is 0.500. The minimum atomic E-state index is -4.71. The van der Waals surface area contributed by atoms with Crippen molar-refractivity contribution in [2.75, 3.05) is 46.2 Å². The molecule has 0 atom stereocenters. The zero-order chi connectivity index (χ0) is 29.5. The Morgan fingerprint density at radius 1 is 0.974 bits per heavy atom. The lowest BCUT2D eigenvalue weighted by Gasteiger charge is -2.14. The molecule has 0 spiro atoms. The lowest BCUT2D eigenvalue weighted by atomic mass is 10.2. The summed E-state index contributed by atoms with van der Waals surface area (Å²) < 4.78 is 95.9. The molecular formula is C24H32F7N3O4. The summed E-state index contributed by atoms with van der Waals surface area (Å²) in [6.07, 6.45) is -6.53. The molecular weight excluding hydrogens is 527 g/mol. The van der Waals surface area contributed by atoms with Crippen LogP contribution in [0.1, 0.15) is 37.8 Å². The first kappa shape index (κ1) is 34.9. The van der Waals surface area contributed by atoms with E-state index >= 15 is 0 Å². The number of anilines is 1. The van der Waals surface area contributed by atoms with Crippen molar-refractivity contribution in [1.82, 2.24) is 4.90 Å². The van der Waals surface area contributed by atoms with Crippen LogP contribution in [0.25, 0.3) is 0 Å². The van der Waals surface area contributed by atoms with Gasteiger partial charge in [-0.1, -0.05) is 13.8 Å². The molecule has 1 aliphatic heterocycles. The number of nitrogen functional groups attached to an aromatic ring is 1. The van der Waals surface area contributed by atoms with E-state index in [1.54, 1.807) is 0 Å². The summed E-state index contributed by atoms with van der Waals surface area (Å²) in [5.74, 6) is -1.01. The molecule has 1 aliphatic rings. The largest absolute Gasteiger partial charge is 0.490 e. The highest BCUT2D eigenvalue weighted by molar-refractivity contribution is 5.54. The van der Waals surface area contributed by atoms with Crippen LogP contribution in [0.5, 0.6) is 5.75 Å².